The molecule has 1 aliphatic heterocycles. The van der Waals surface area contributed by atoms with Gasteiger partial charge in [-0.15, -0.1) is 0 Å². The van der Waals surface area contributed by atoms with Gasteiger partial charge in [-0.2, -0.15) is 11.8 Å². The van der Waals surface area contributed by atoms with Gasteiger partial charge in [-0.1, -0.05) is 13.0 Å². The molecule has 0 radical (unpaired) electrons. The first kappa shape index (κ1) is 13.9. The molecule has 0 spiro atoms. The average Bonchev–Trinajstić information content (AvgIpc) is 2.32. The molecule has 0 N–H and O–H groups in total. The summed E-state index contributed by atoms with van der Waals surface area (Å²) in [5, 5.41) is 0.506. The molecule has 2 nitrogen and oxygen atoms in total. The third kappa shape index (κ3) is 2.75. The van der Waals surface area contributed by atoms with Gasteiger partial charge < -0.3 is 4.90 Å². The van der Waals surface area contributed by atoms with E-state index in [9.17, 15) is 4.79 Å². The van der Waals surface area contributed by atoms with Crippen LogP contribution in [-0.2, 0) is 0 Å². The number of thioether (sulfide) groups is 1. The number of carbonyl (C=O) groups excluding carboxylic acids is 1. The number of rotatable bonds is 1. The van der Waals surface area contributed by atoms with Gasteiger partial charge in [-0.05, 0) is 47.5 Å². The van der Waals surface area contributed by atoms with E-state index in [-0.39, 0.29) is 5.91 Å². The van der Waals surface area contributed by atoms with Crippen molar-refractivity contribution in [1.29, 1.82) is 0 Å². The maximum atomic E-state index is 12.6. The summed E-state index contributed by atoms with van der Waals surface area (Å²) in [7, 11) is 0. The molecule has 2 rings (SSSR count). The number of benzene rings is 1. The van der Waals surface area contributed by atoms with Crippen LogP contribution in [0.3, 0.4) is 0 Å². The van der Waals surface area contributed by atoms with Crippen LogP contribution in [0.25, 0.3) is 0 Å². The van der Waals surface area contributed by atoms with Gasteiger partial charge in [0.15, 0.2) is 0 Å². The Morgan fingerprint density at radius 3 is 2.83 bits per heavy atom. The van der Waals surface area contributed by atoms with Crippen LogP contribution in [0.5, 0.6) is 0 Å². The van der Waals surface area contributed by atoms with Gasteiger partial charge in [0.05, 0.1) is 5.56 Å². The Hall–Kier alpha value is -0.480. The summed E-state index contributed by atoms with van der Waals surface area (Å²) < 4.78 is 0.894. The second-order valence-electron chi connectivity index (χ2n) is 4.80. The van der Waals surface area contributed by atoms with Gasteiger partial charge in [0.2, 0.25) is 0 Å². The molecule has 0 aliphatic carbocycles. The van der Waals surface area contributed by atoms with Crippen LogP contribution in [0.4, 0.5) is 0 Å². The third-order valence-corrected chi connectivity index (χ3v) is 5.49. The van der Waals surface area contributed by atoms with Crippen LogP contribution < -0.4 is 0 Å². The predicted octanol–water partition coefficient (Wildman–Crippen LogP) is 3.72. The van der Waals surface area contributed by atoms with Crippen molar-refractivity contribution in [1.82, 2.24) is 4.90 Å². The summed E-state index contributed by atoms with van der Waals surface area (Å²) in [5.41, 5.74) is 1.93. The van der Waals surface area contributed by atoms with Crippen molar-refractivity contribution in [2.75, 3.05) is 12.3 Å². The first-order valence-electron chi connectivity index (χ1n) is 6.19. The van der Waals surface area contributed by atoms with Gasteiger partial charge >= 0.3 is 0 Å². The van der Waals surface area contributed by atoms with E-state index < -0.39 is 0 Å². The highest BCUT2D eigenvalue weighted by molar-refractivity contribution is 9.10. The third-order valence-electron chi connectivity index (χ3n) is 3.50. The Morgan fingerprint density at radius 1 is 1.44 bits per heavy atom. The van der Waals surface area contributed by atoms with Crippen molar-refractivity contribution in [3.8, 4) is 0 Å². The monoisotopic (exact) mass is 327 g/mol. The minimum absolute atomic E-state index is 0.140. The first-order chi connectivity index (χ1) is 8.50. The maximum Gasteiger partial charge on any atom is 0.255 e. The largest absolute Gasteiger partial charge is 0.334 e. The van der Waals surface area contributed by atoms with Gasteiger partial charge in [0.1, 0.15) is 0 Å². The van der Waals surface area contributed by atoms with Gasteiger partial charge in [-0.25, -0.2) is 0 Å². The second-order valence-corrected chi connectivity index (χ2v) is 7.14. The van der Waals surface area contributed by atoms with E-state index in [0.29, 0.717) is 11.3 Å². The summed E-state index contributed by atoms with van der Waals surface area (Å²) in [6, 6.07) is 6.20. The van der Waals surface area contributed by atoms with Crippen LogP contribution in [-0.4, -0.2) is 34.4 Å². The fourth-order valence-corrected chi connectivity index (χ4v) is 3.93. The molecule has 18 heavy (non-hydrogen) atoms. The summed E-state index contributed by atoms with van der Waals surface area (Å²) in [6.45, 7) is 7.20. The summed E-state index contributed by atoms with van der Waals surface area (Å²) in [4.78, 5) is 14.6. The molecule has 2 atom stereocenters. The lowest BCUT2D eigenvalue weighted by Gasteiger charge is -2.37. The molecule has 1 saturated heterocycles. The quantitative estimate of drug-likeness (QED) is 0.783. The van der Waals surface area contributed by atoms with Crippen molar-refractivity contribution in [2.45, 2.75) is 32.1 Å². The Labute approximate surface area is 121 Å². The molecular formula is C14H18BrNOS. The topological polar surface area (TPSA) is 20.3 Å². The Bertz CT molecular complexity index is 463. The van der Waals surface area contributed by atoms with Crippen molar-refractivity contribution in [2.24, 2.45) is 0 Å². The highest BCUT2D eigenvalue weighted by Gasteiger charge is 2.30. The van der Waals surface area contributed by atoms with Gasteiger partial charge in [0, 0.05) is 28.1 Å². The first-order valence-corrected chi connectivity index (χ1v) is 8.03. The average molecular weight is 328 g/mol. The lowest BCUT2D eigenvalue weighted by Crippen LogP contribution is -2.48. The summed E-state index contributed by atoms with van der Waals surface area (Å²) >= 11 is 5.44. The van der Waals surface area contributed by atoms with Gasteiger partial charge in [0.25, 0.3) is 5.91 Å². The molecule has 1 aliphatic rings. The Balaban J connectivity index is 2.25. The molecule has 1 amide bonds. The number of aryl methyl sites for hydroxylation is 1. The number of nitrogens with zero attached hydrogens (tertiary/aromatic N) is 1. The lowest BCUT2D eigenvalue weighted by atomic mass is 10.1. The zero-order chi connectivity index (χ0) is 13.3. The van der Waals surface area contributed by atoms with Crippen LogP contribution in [0.2, 0.25) is 0 Å². The molecule has 4 heteroatoms. The molecule has 1 aromatic carbocycles. The Morgan fingerprint density at radius 2 is 2.17 bits per heavy atom. The molecule has 0 aromatic heterocycles. The molecule has 2 unspecified atom stereocenters. The maximum absolute atomic E-state index is 12.6. The fraction of sp³-hybridized carbons (Fsp3) is 0.500. The van der Waals surface area contributed by atoms with Crippen molar-refractivity contribution in [3.05, 3.63) is 33.8 Å². The smallest absolute Gasteiger partial charge is 0.255 e. The SMILES string of the molecule is Cc1ccc(C(=O)N2CCSC(C)C2C)c(Br)c1. The van der Waals surface area contributed by atoms with E-state index in [1.807, 2.05) is 41.8 Å². The highest BCUT2D eigenvalue weighted by Crippen LogP contribution is 2.27. The number of hydrogen-bond acceptors (Lipinski definition) is 2. The van der Waals surface area contributed by atoms with Crippen LogP contribution in [0.1, 0.15) is 29.8 Å². The summed E-state index contributed by atoms with van der Waals surface area (Å²) in [5.74, 6) is 1.17. The molecule has 0 bridgehead atoms. The number of amides is 1. The number of carbonyl (C=O) groups is 1. The second kappa shape index (κ2) is 5.66. The molecule has 0 saturated carbocycles. The van der Waals surface area contributed by atoms with E-state index in [1.165, 1.54) is 0 Å². The molecule has 1 aromatic rings. The van der Waals surface area contributed by atoms with E-state index in [0.717, 1.165) is 27.9 Å². The van der Waals surface area contributed by atoms with E-state index in [4.69, 9.17) is 0 Å². The van der Waals surface area contributed by atoms with Crippen LogP contribution >= 0.6 is 27.7 Å². The van der Waals surface area contributed by atoms with E-state index >= 15 is 0 Å². The number of halogens is 1. The standard InChI is InChI=1S/C14H18BrNOS/c1-9-4-5-12(13(15)8-9)14(17)16-6-7-18-11(3)10(16)2/h4-5,8,10-11H,6-7H2,1-3H3. The van der Waals surface area contributed by atoms with Gasteiger partial charge in [-0.3, -0.25) is 4.79 Å². The van der Waals surface area contributed by atoms with Crippen molar-refractivity contribution >= 4 is 33.6 Å². The normalized spacial score (nSPS) is 24.1. The predicted molar refractivity (Wildman–Crippen MR) is 81.3 cm³/mol. The number of hydrogen-bond donors (Lipinski definition) is 0. The highest BCUT2D eigenvalue weighted by atomic mass is 79.9. The van der Waals surface area contributed by atoms with Crippen LogP contribution in [0.15, 0.2) is 22.7 Å². The fourth-order valence-electron chi connectivity index (χ4n) is 2.17. The Kier molecular flexibility index (Phi) is 4.38. The zero-order valence-electron chi connectivity index (χ0n) is 10.9. The molecule has 1 heterocycles. The molecule has 98 valence electrons. The summed E-state index contributed by atoms with van der Waals surface area (Å²) in [6.07, 6.45) is 0. The van der Waals surface area contributed by atoms with Crippen LogP contribution in [0, 0.1) is 6.92 Å². The van der Waals surface area contributed by atoms with Crippen molar-refractivity contribution < 1.29 is 4.79 Å². The minimum Gasteiger partial charge on any atom is -0.334 e. The van der Waals surface area contributed by atoms with E-state index in [1.54, 1.807) is 0 Å². The van der Waals surface area contributed by atoms with E-state index in [2.05, 4.69) is 29.8 Å². The lowest BCUT2D eigenvalue weighted by molar-refractivity contribution is 0.0697. The minimum atomic E-state index is 0.140. The zero-order valence-corrected chi connectivity index (χ0v) is 13.3. The van der Waals surface area contributed by atoms with Crippen molar-refractivity contribution in [3.63, 3.8) is 0 Å². The molecule has 1 fully saturated rings. The molecular weight excluding hydrogens is 310 g/mol.